The SMILES string of the molecule is CC(=O)C1=C(O)C=C(C)OC1. The van der Waals surface area contributed by atoms with Gasteiger partial charge in [0.15, 0.2) is 5.78 Å². The average molecular weight is 154 g/mol. The Bertz CT molecular complexity index is 248. The monoisotopic (exact) mass is 154 g/mol. The lowest BCUT2D eigenvalue weighted by molar-refractivity contribution is -0.114. The van der Waals surface area contributed by atoms with E-state index < -0.39 is 0 Å². The van der Waals surface area contributed by atoms with E-state index in [1.165, 1.54) is 13.0 Å². The Balaban J connectivity index is 2.95. The summed E-state index contributed by atoms with van der Waals surface area (Å²) in [5.74, 6) is 0.514. The van der Waals surface area contributed by atoms with Crippen LogP contribution in [-0.2, 0) is 9.53 Å². The summed E-state index contributed by atoms with van der Waals surface area (Å²) in [4.78, 5) is 10.8. The summed E-state index contributed by atoms with van der Waals surface area (Å²) in [5.41, 5.74) is 0.343. The van der Waals surface area contributed by atoms with Crippen molar-refractivity contribution >= 4 is 5.78 Å². The lowest BCUT2D eigenvalue weighted by Gasteiger charge is -2.13. The minimum Gasteiger partial charge on any atom is -0.507 e. The van der Waals surface area contributed by atoms with Crippen molar-refractivity contribution in [3.8, 4) is 0 Å². The summed E-state index contributed by atoms with van der Waals surface area (Å²) < 4.78 is 5.04. The molecule has 0 aromatic carbocycles. The van der Waals surface area contributed by atoms with E-state index in [1.54, 1.807) is 6.92 Å². The highest BCUT2D eigenvalue weighted by Crippen LogP contribution is 2.15. The van der Waals surface area contributed by atoms with Gasteiger partial charge in [0, 0.05) is 6.08 Å². The Hall–Kier alpha value is -1.25. The molecule has 0 aromatic rings. The molecule has 0 aliphatic carbocycles. The molecule has 0 amide bonds. The van der Waals surface area contributed by atoms with E-state index in [2.05, 4.69) is 0 Å². The molecule has 60 valence electrons. The second-order valence-corrected chi connectivity index (χ2v) is 2.46. The molecule has 0 bridgehead atoms. The number of carbonyl (C=O) groups excluding carboxylic acids is 1. The summed E-state index contributed by atoms with van der Waals surface area (Å²) in [6.07, 6.45) is 1.44. The van der Waals surface area contributed by atoms with Crippen LogP contribution in [0.2, 0.25) is 0 Å². The number of rotatable bonds is 1. The van der Waals surface area contributed by atoms with Crippen LogP contribution in [0.3, 0.4) is 0 Å². The molecule has 3 nitrogen and oxygen atoms in total. The molecule has 1 aliphatic rings. The summed E-state index contributed by atoms with van der Waals surface area (Å²) in [6.45, 7) is 3.32. The number of aliphatic hydroxyl groups is 1. The van der Waals surface area contributed by atoms with Gasteiger partial charge in [-0.15, -0.1) is 0 Å². The minimum absolute atomic E-state index is 0.0289. The van der Waals surface area contributed by atoms with Crippen molar-refractivity contribution in [2.75, 3.05) is 6.61 Å². The number of carbonyl (C=O) groups is 1. The number of Topliss-reactive ketones (excluding diaryl/α,β-unsaturated/α-hetero) is 1. The van der Waals surface area contributed by atoms with Gasteiger partial charge in [0.05, 0.1) is 11.3 Å². The third-order valence-electron chi connectivity index (χ3n) is 1.52. The highest BCUT2D eigenvalue weighted by molar-refractivity contribution is 5.94. The van der Waals surface area contributed by atoms with Crippen LogP contribution in [0.1, 0.15) is 13.8 Å². The number of hydrogen-bond acceptors (Lipinski definition) is 3. The fourth-order valence-electron chi connectivity index (χ4n) is 0.863. The zero-order chi connectivity index (χ0) is 8.43. The Kier molecular flexibility index (Phi) is 1.98. The van der Waals surface area contributed by atoms with Gasteiger partial charge in [-0.3, -0.25) is 4.79 Å². The van der Waals surface area contributed by atoms with Gasteiger partial charge in [-0.2, -0.15) is 0 Å². The van der Waals surface area contributed by atoms with Gasteiger partial charge in [0.1, 0.15) is 12.4 Å². The van der Waals surface area contributed by atoms with Crippen molar-refractivity contribution in [3.05, 3.63) is 23.2 Å². The molecule has 0 atom stereocenters. The molecule has 1 N–H and O–H groups in total. The second kappa shape index (κ2) is 2.78. The molecule has 1 aliphatic heterocycles. The molecule has 0 saturated heterocycles. The molecule has 0 unspecified atom stereocenters. The van der Waals surface area contributed by atoms with E-state index >= 15 is 0 Å². The van der Waals surface area contributed by atoms with Crippen molar-refractivity contribution in [1.29, 1.82) is 0 Å². The van der Waals surface area contributed by atoms with Gasteiger partial charge < -0.3 is 9.84 Å². The van der Waals surface area contributed by atoms with Crippen molar-refractivity contribution < 1.29 is 14.6 Å². The van der Waals surface area contributed by atoms with E-state index in [4.69, 9.17) is 4.74 Å². The summed E-state index contributed by atoms with van der Waals surface area (Å²) in [7, 11) is 0. The van der Waals surface area contributed by atoms with Crippen LogP contribution in [0.5, 0.6) is 0 Å². The minimum atomic E-state index is -0.147. The Labute approximate surface area is 65.0 Å². The van der Waals surface area contributed by atoms with Gasteiger partial charge in [0.25, 0.3) is 0 Å². The lowest BCUT2D eigenvalue weighted by Crippen LogP contribution is -2.11. The molecule has 1 heterocycles. The van der Waals surface area contributed by atoms with E-state index in [0.29, 0.717) is 11.3 Å². The Morgan fingerprint density at radius 2 is 2.36 bits per heavy atom. The van der Waals surface area contributed by atoms with Gasteiger partial charge in [-0.05, 0) is 13.8 Å². The van der Waals surface area contributed by atoms with Crippen molar-refractivity contribution in [3.63, 3.8) is 0 Å². The molecular formula is C8H10O3. The summed E-state index contributed by atoms with van der Waals surface area (Å²) in [6, 6.07) is 0. The molecular weight excluding hydrogens is 144 g/mol. The fraction of sp³-hybridized carbons (Fsp3) is 0.375. The maximum absolute atomic E-state index is 10.8. The summed E-state index contributed by atoms with van der Waals surface area (Å²) >= 11 is 0. The summed E-state index contributed by atoms with van der Waals surface area (Å²) in [5, 5.41) is 9.21. The van der Waals surface area contributed by atoms with Crippen LogP contribution in [0.4, 0.5) is 0 Å². The van der Waals surface area contributed by atoms with Crippen molar-refractivity contribution in [2.24, 2.45) is 0 Å². The highest BCUT2D eigenvalue weighted by Gasteiger charge is 2.14. The molecule has 0 spiro atoms. The van der Waals surface area contributed by atoms with Crippen molar-refractivity contribution in [1.82, 2.24) is 0 Å². The molecule has 11 heavy (non-hydrogen) atoms. The van der Waals surface area contributed by atoms with Crippen LogP contribution >= 0.6 is 0 Å². The Morgan fingerprint density at radius 1 is 1.73 bits per heavy atom. The smallest absolute Gasteiger partial charge is 0.162 e. The second-order valence-electron chi connectivity index (χ2n) is 2.46. The van der Waals surface area contributed by atoms with Gasteiger partial charge in [0.2, 0.25) is 0 Å². The zero-order valence-electron chi connectivity index (χ0n) is 6.55. The highest BCUT2D eigenvalue weighted by atomic mass is 16.5. The maximum atomic E-state index is 10.8. The molecule has 0 fully saturated rings. The van der Waals surface area contributed by atoms with Gasteiger partial charge in [-0.1, -0.05) is 0 Å². The molecule has 0 saturated carbocycles. The fourth-order valence-corrected chi connectivity index (χ4v) is 0.863. The molecule has 0 aromatic heterocycles. The number of hydrogen-bond donors (Lipinski definition) is 1. The first kappa shape index (κ1) is 7.85. The normalized spacial score (nSPS) is 17.5. The third kappa shape index (κ3) is 1.61. The largest absolute Gasteiger partial charge is 0.507 e. The van der Waals surface area contributed by atoms with Crippen LogP contribution in [0.15, 0.2) is 23.2 Å². The molecule has 3 heteroatoms. The topological polar surface area (TPSA) is 46.5 Å². The maximum Gasteiger partial charge on any atom is 0.162 e. The van der Waals surface area contributed by atoms with Crippen LogP contribution < -0.4 is 0 Å². The Morgan fingerprint density at radius 3 is 2.82 bits per heavy atom. The average Bonchev–Trinajstić information content (AvgIpc) is 1.85. The number of ether oxygens (including phenoxy) is 1. The van der Waals surface area contributed by atoms with Gasteiger partial charge in [-0.25, -0.2) is 0 Å². The first-order valence-electron chi connectivity index (χ1n) is 3.35. The van der Waals surface area contributed by atoms with Crippen molar-refractivity contribution in [2.45, 2.75) is 13.8 Å². The molecule has 1 rings (SSSR count). The number of aliphatic hydroxyl groups excluding tert-OH is 1. The van der Waals surface area contributed by atoms with E-state index in [9.17, 15) is 9.90 Å². The van der Waals surface area contributed by atoms with E-state index in [-0.39, 0.29) is 18.1 Å². The van der Waals surface area contributed by atoms with Crippen LogP contribution in [0, 0.1) is 0 Å². The zero-order valence-corrected chi connectivity index (χ0v) is 6.55. The first-order valence-corrected chi connectivity index (χ1v) is 3.35. The van der Waals surface area contributed by atoms with Crippen LogP contribution in [0.25, 0.3) is 0 Å². The number of allylic oxidation sites excluding steroid dienone is 2. The standard InChI is InChI=1S/C8H10O3/c1-5-3-8(10)7(4-11-5)6(2)9/h3,10H,4H2,1-2H3. The quantitative estimate of drug-likeness (QED) is 0.619. The number of ketones is 1. The predicted octanol–water partition coefficient (Wildman–Crippen LogP) is 1.32. The predicted molar refractivity (Wildman–Crippen MR) is 40.0 cm³/mol. The first-order chi connectivity index (χ1) is 5.11. The molecule has 0 radical (unpaired) electrons. The lowest BCUT2D eigenvalue weighted by atomic mass is 10.1. The van der Waals surface area contributed by atoms with E-state index in [1.807, 2.05) is 0 Å². The third-order valence-corrected chi connectivity index (χ3v) is 1.52. The van der Waals surface area contributed by atoms with E-state index in [0.717, 1.165) is 0 Å². The van der Waals surface area contributed by atoms with Gasteiger partial charge >= 0.3 is 0 Å². The van der Waals surface area contributed by atoms with Crippen LogP contribution in [-0.4, -0.2) is 17.5 Å².